The summed E-state index contributed by atoms with van der Waals surface area (Å²) >= 11 is 0. The topological polar surface area (TPSA) is 58.1 Å². The van der Waals surface area contributed by atoms with Crippen molar-refractivity contribution in [1.29, 1.82) is 0 Å². The minimum absolute atomic E-state index is 0.603. The van der Waals surface area contributed by atoms with Gasteiger partial charge in [-0.05, 0) is 39.3 Å². The van der Waals surface area contributed by atoms with Gasteiger partial charge in [0.25, 0.3) is 0 Å². The first-order chi connectivity index (χ1) is 10.8. The molecule has 128 valence electrons. The normalized spacial score (nSPS) is 26.5. The second kappa shape index (κ2) is 10.0. The molecule has 2 aliphatic rings. The molecular formula is C16H32N4O2. The summed E-state index contributed by atoms with van der Waals surface area (Å²) in [5.41, 5.74) is 0. The van der Waals surface area contributed by atoms with E-state index in [1.54, 1.807) is 0 Å². The van der Waals surface area contributed by atoms with Gasteiger partial charge in [-0.25, -0.2) is 0 Å². The standard InChI is InChI=1S/C16H32N4O2/c1-17-16(19-11-15-5-3-8-20(15)2)18-7-4-9-21-12-14-6-10-22-13-14/h14-15H,3-13H2,1-2H3,(H2,17,18,19). The summed E-state index contributed by atoms with van der Waals surface area (Å²) in [7, 11) is 4.02. The van der Waals surface area contributed by atoms with E-state index in [0.29, 0.717) is 12.0 Å². The first kappa shape index (κ1) is 17.5. The van der Waals surface area contributed by atoms with Gasteiger partial charge in [-0.15, -0.1) is 0 Å². The van der Waals surface area contributed by atoms with Gasteiger partial charge in [0.15, 0.2) is 5.96 Å². The molecule has 2 unspecified atom stereocenters. The Morgan fingerprint density at radius 1 is 1.36 bits per heavy atom. The highest BCUT2D eigenvalue weighted by molar-refractivity contribution is 5.79. The van der Waals surface area contributed by atoms with Crippen LogP contribution in [-0.2, 0) is 9.47 Å². The summed E-state index contributed by atoms with van der Waals surface area (Å²) in [4.78, 5) is 6.69. The average molecular weight is 312 g/mol. The van der Waals surface area contributed by atoms with E-state index in [1.807, 2.05) is 7.05 Å². The molecule has 2 atom stereocenters. The average Bonchev–Trinajstić information content (AvgIpc) is 3.17. The zero-order chi connectivity index (χ0) is 15.6. The van der Waals surface area contributed by atoms with Crippen LogP contribution in [0.25, 0.3) is 0 Å². The number of likely N-dealkylation sites (tertiary alicyclic amines) is 1. The summed E-state index contributed by atoms with van der Waals surface area (Å²) in [5.74, 6) is 1.50. The van der Waals surface area contributed by atoms with E-state index in [1.165, 1.54) is 19.4 Å². The molecule has 2 rings (SSSR count). The molecule has 22 heavy (non-hydrogen) atoms. The van der Waals surface area contributed by atoms with Crippen molar-refractivity contribution in [2.75, 3.05) is 60.2 Å². The Morgan fingerprint density at radius 2 is 2.27 bits per heavy atom. The predicted octanol–water partition coefficient (Wildman–Crippen LogP) is 0.689. The van der Waals surface area contributed by atoms with Gasteiger partial charge in [-0.2, -0.15) is 0 Å². The monoisotopic (exact) mass is 312 g/mol. The number of nitrogens with one attached hydrogen (secondary N) is 2. The maximum absolute atomic E-state index is 5.70. The lowest BCUT2D eigenvalue weighted by molar-refractivity contribution is 0.0888. The van der Waals surface area contributed by atoms with Crippen LogP contribution in [0.3, 0.4) is 0 Å². The summed E-state index contributed by atoms with van der Waals surface area (Å²) in [5, 5.41) is 6.77. The summed E-state index contributed by atoms with van der Waals surface area (Å²) in [6.07, 6.45) is 4.72. The fraction of sp³-hybridized carbons (Fsp3) is 0.938. The molecule has 0 aliphatic carbocycles. The number of rotatable bonds is 8. The van der Waals surface area contributed by atoms with E-state index >= 15 is 0 Å². The number of likely N-dealkylation sites (N-methyl/N-ethyl adjacent to an activating group) is 1. The first-order valence-electron chi connectivity index (χ1n) is 8.60. The lowest BCUT2D eigenvalue weighted by Gasteiger charge is -2.21. The van der Waals surface area contributed by atoms with Crippen LogP contribution in [0.4, 0.5) is 0 Å². The number of ether oxygens (including phenoxy) is 2. The van der Waals surface area contributed by atoms with Gasteiger partial charge in [-0.3, -0.25) is 4.99 Å². The van der Waals surface area contributed by atoms with E-state index in [2.05, 4.69) is 27.6 Å². The molecule has 2 saturated heterocycles. The van der Waals surface area contributed by atoms with Gasteiger partial charge in [-0.1, -0.05) is 0 Å². The molecule has 0 aromatic rings. The van der Waals surface area contributed by atoms with Crippen LogP contribution in [-0.4, -0.2) is 77.1 Å². The lowest BCUT2D eigenvalue weighted by atomic mass is 10.1. The molecule has 0 spiro atoms. The minimum atomic E-state index is 0.603. The third-order valence-electron chi connectivity index (χ3n) is 4.54. The van der Waals surface area contributed by atoms with Crippen molar-refractivity contribution in [3.05, 3.63) is 0 Å². The zero-order valence-corrected chi connectivity index (χ0v) is 14.1. The van der Waals surface area contributed by atoms with E-state index in [0.717, 1.165) is 58.3 Å². The molecule has 0 aromatic carbocycles. The van der Waals surface area contributed by atoms with Crippen LogP contribution in [0.15, 0.2) is 4.99 Å². The van der Waals surface area contributed by atoms with Crippen molar-refractivity contribution in [2.45, 2.75) is 31.7 Å². The van der Waals surface area contributed by atoms with Gasteiger partial charge in [0.1, 0.15) is 0 Å². The highest BCUT2D eigenvalue weighted by atomic mass is 16.5. The fourth-order valence-electron chi connectivity index (χ4n) is 3.02. The Balaban J connectivity index is 1.47. The number of nitrogens with zero attached hydrogens (tertiary/aromatic N) is 2. The van der Waals surface area contributed by atoms with Crippen molar-refractivity contribution in [2.24, 2.45) is 10.9 Å². The molecule has 0 aromatic heterocycles. The molecule has 0 radical (unpaired) electrons. The Hall–Kier alpha value is -0.850. The van der Waals surface area contributed by atoms with Gasteiger partial charge < -0.3 is 25.0 Å². The van der Waals surface area contributed by atoms with Crippen LogP contribution in [0.5, 0.6) is 0 Å². The molecule has 6 heteroatoms. The second-order valence-electron chi connectivity index (χ2n) is 6.31. The summed E-state index contributed by atoms with van der Waals surface area (Å²) < 4.78 is 11.0. The fourth-order valence-corrected chi connectivity index (χ4v) is 3.02. The van der Waals surface area contributed by atoms with E-state index in [-0.39, 0.29) is 0 Å². The smallest absolute Gasteiger partial charge is 0.191 e. The molecule has 2 heterocycles. The minimum Gasteiger partial charge on any atom is -0.381 e. The predicted molar refractivity (Wildman–Crippen MR) is 89.4 cm³/mol. The summed E-state index contributed by atoms with van der Waals surface area (Å²) in [6, 6.07) is 0.635. The molecule has 0 saturated carbocycles. The Kier molecular flexibility index (Phi) is 7.98. The van der Waals surface area contributed by atoms with Crippen LogP contribution >= 0.6 is 0 Å². The van der Waals surface area contributed by atoms with Crippen molar-refractivity contribution < 1.29 is 9.47 Å². The lowest BCUT2D eigenvalue weighted by Crippen LogP contribution is -2.44. The third kappa shape index (κ3) is 6.10. The molecule has 2 fully saturated rings. The number of aliphatic imine (C=N–C) groups is 1. The SMILES string of the molecule is CN=C(NCCCOCC1CCOC1)NCC1CCCN1C. The van der Waals surface area contributed by atoms with Crippen molar-refractivity contribution >= 4 is 5.96 Å². The molecule has 2 N–H and O–H groups in total. The quantitative estimate of drug-likeness (QED) is 0.392. The van der Waals surface area contributed by atoms with Gasteiger partial charge in [0.05, 0.1) is 13.2 Å². The first-order valence-corrected chi connectivity index (χ1v) is 8.60. The summed E-state index contributed by atoms with van der Waals surface area (Å²) in [6.45, 7) is 6.46. The van der Waals surface area contributed by atoms with E-state index < -0.39 is 0 Å². The number of hydrogen-bond donors (Lipinski definition) is 2. The molecule has 0 bridgehead atoms. The number of guanidine groups is 1. The Morgan fingerprint density at radius 3 is 2.95 bits per heavy atom. The Labute approximate surface area is 134 Å². The van der Waals surface area contributed by atoms with Crippen LogP contribution in [0.2, 0.25) is 0 Å². The van der Waals surface area contributed by atoms with Gasteiger partial charge in [0.2, 0.25) is 0 Å². The molecule has 0 amide bonds. The van der Waals surface area contributed by atoms with Crippen molar-refractivity contribution in [3.8, 4) is 0 Å². The maximum atomic E-state index is 5.70. The maximum Gasteiger partial charge on any atom is 0.191 e. The molecule has 2 aliphatic heterocycles. The zero-order valence-electron chi connectivity index (χ0n) is 14.1. The van der Waals surface area contributed by atoms with Crippen LogP contribution < -0.4 is 10.6 Å². The highest BCUT2D eigenvalue weighted by Crippen LogP contribution is 2.13. The van der Waals surface area contributed by atoms with Crippen LogP contribution in [0, 0.1) is 5.92 Å². The van der Waals surface area contributed by atoms with E-state index in [4.69, 9.17) is 9.47 Å². The van der Waals surface area contributed by atoms with Gasteiger partial charge >= 0.3 is 0 Å². The third-order valence-corrected chi connectivity index (χ3v) is 4.54. The highest BCUT2D eigenvalue weighted by Gasteiger charge is 2.20. The van der Waals surface area contributed by atoms with Crippen molar-refractivity contribution in [3.63, 3.8) is 0 Å². The molecular weight excluding hydrogens is 280 g/mol. The van der Waals surface area contributed by atoms with E-state index in [9.17, 15) is 0 Å². The Bertz CT molecular complexity index is 332. The number of hydrogen-bond acceptors (Lipinski definition) is 4. The van der Waals surface area contributed by atoms with Crippen LogP contribution in [0.1, 0.15) is 25.7 Å². The second-order valence-corrected chi connectivity index (χ2v) is 6.31. The van der Waals surface area contributed by atoms with Gasteiger partial charge in [0, 0.05) is 45.3 Å². The molecule has 6 nitrogen and oxygen atoms in total. The largest absolute Gasteiger partial charge is 0.381 e. The van der Waals surface area contributed by atoms with Crippen molar-refractivity contribution in [1.82, 2.24) is 15.5 Å².